The number of nitrogens with zero attached hydrogens (tertiary/aromatic N) is 1. The first-order chi connectivity index (χ1) is 7.50. The van der Waals surface area contributed by atoms with Crippen LogP contribution in [0.25, 0.3) is 0 Å². The van der Waals surface area contributed by atoms with Gasteiger partial charge < -0.3 is 10.2 Å². The Kier molecular flexibility index (Phi) is 5.26. The number of hydrogen-bond acceptors (Lipinski definition) is 2. The molecule has 1 amide bonds. The van der Waals surface area contributed by atoms with Gasteiger partial charge in [0.2, 0.25) is 5.91 Å². The lowest BCUT2D eigenvalue weighted by Crippen LogP contribution is -2.45. The molecule has 1 N–H and O–H groups in total. The third kappa shape index (κ3) is 4.12. The van der Waals surface area contributed by atoms with Crippen molar-refractivity contribution in [3.63, 3.8) is 0 Å². The summed E-state index contributed by atoms with van der Waals surface area (Å²) in [6, 6.07) is 0.538. The molecule has 3 nitrogen and oxygen atoms in total. The van der Waals surface area contributed by atoms with Gasteiger partial charge >= 0.3 is 0 Å². The highest BCUT2D eigenvalue weighted by molar-refractivity contribution is 5.78. The van der Waals surface area contributed by atoms with Gasteiger partial charge in [-0.3, -0.25) is 4.79 Å². The molecule has 1 heterocycles. The van der Waals surface area contributed by atoms with E-state index in [9.17, 15) is 4.79 Å². The molecule has 0 saturated carbocycles. The summed E-state index contributed by atoms with van der Waals surface area (Å²) in [6.07, 6.45) is 2.41. The maximum Gasteiger partial charge on any atom is 0.225 e. The van der Waals surface area contributed by atoms with Crippen LogP contribution in [0.4, 0.5) is 0 Å². The van der Waals surface area contributed by atoms with E-state index < -0.39 is 0 Å². The zero-order valence-corrected chi connectivity index (χ0v) is 11.1. The molecule has 1 unspecified atom stereocenters. The molecule has 94 valence electrons. The molecule has 1 atom stereocenters. The molecule has 1 rings (SSSR count). The van der Waals surface area contributed by atoms with Crippen LogP contribution in [0, 0.1) is 11.8 Å². The third-order valence-electron chi connectivity index (χ3n) is 3.14. The summed E-state index contributed by atoms with van der Waals surface area (Å²) in [5.41, 5.74) is 0. The van der Waals surface area contributed by atoms with Gasteiger partial charge in [-0.15, -0.1) is 0 Å². The standard InChI is InChI=1S/C13H26N2O/c1-10(2)13(16)15-7-5-6-12(9-15)8-14-11(3)4/h10-12,14H,5-9H2,1-4H3. The fourth-order valence-corrected chi connectivity index (χ4v) is 2.20. The summed E-state index contributed by atoms with van der Waals surface area (Å²) in [5, 5.41) is 3.47. The van der Waals surface area contributed by atoms with Gasteiger partial charge in [0.05, 0.1) is 0 Å². The number of rotatable bonds is 4. The Morgan fingerprint density at radius 2 is 2.06 bits per heavy atom. The molecule has 0 aliphatic carbocycles. The van der Waals surface area contributed by atoms with Crippen LogP contribution in [0.1, 0.15) is 40.5 Å². The maximum absolute atomic E-state index is 11.9. The van der Waals surface area contributed by atoms with Gasteiger partial charge in [0.25, 0.3) is 0 Å². The van der Waals surface area contributed by atoms with E-state index in [0.29, 0.717) is 17.9 Å². The highest BCUT2D eigenvalue weighted by atomic mass is 16.2. The van der Waals surface area contributed by atoms with Crippen LogP contribution in [0.15, 0.2) is 0 Å². The second-order valence-electron chi connectivity index (χ2n) is 5.51. The van der Waals surface area contributed by atoms with E-state index >= 15 is 0 Å². The minimum atomic E-state index is 0.136. The van der Waals surface area contributed by atoms with Crippen molar-refractivity contribution in [3.05, 3.63) is 0 Å². The van der Waals surface area contributed by atoms with Gasteiger partial charge in [-0.05, 0) is 25.3 Å². The van der Waals surface area contributed by atoms with Crippen LogP contribution in [0.3, 0.4) is 0 Å². The largest absolute Gasteiger partial charge is 0.342 e. The molecule has 0 aromatic rings. The first-order valence-electron chi connectivity index (χ1n) is 6.53. The van der Waals surface area contributed by atoms with Gasteiger partial charge in [0.1, 0.15) is 0 Å². The Morgan fingerprint density at radius 3 is 2.62 bits per heavy atom. The normalized spacial score (nSPS) is 21.9. The van der Waals surface area contributed by atoms with E-state index in [-0.39, 0.29) is 5.92 Å². The Hall–Kier alpha value is -0.570. The van der Waals surface area contributed by atoms with Crippen LogP contribution in [0.2, 0.25) is 0 Å². The van der Waals surface area contributed by atoms with Crippen LogP contribution in [-0.4, -0.2) is 36.5 Å². The smallest absolute Gasteiger partial charge is 0.225 e. The number of carbonyl (C=O) groups is 1. The fraction of sp³-hybridized carbons (Fsp3) is 0.923. The summed E-state index contributed by atoms with van der Waals surface area (Å²) in [5.74, 6) is 1.09. The van der Waals surface area contributed by atoms with E-state index in [1.165, 1.54) is 6.42 Å². The predicted octanol–water partition coefficient (Wildman–Crippen LogP) is 1.88. The molecule has 16 heavy (non-hydrogen) atoms. The summed E-state index contributed by atoms with van der Waals surface area (Å²) < 4.78 is 0. The maximum atomic E-state index is 11.9. The van der Waals surface area contributed by atoms with Gasteiger partial charge in [0.15, 0.2) is 0 Å². The summed E-state index contributed by atoms with van der Waals surface area (Å²) >= 11 is 0. The van der Waals surface area contributed by atoms with Crippen molar-refractivity contribution in [1.82, 2.24) is 10.2 Å². The summed E-state index contributed by atoms with van der Waals surface area (Å²) in [6.45, 7) is 11.2. The molecule has 1 fully saturated rings. The lowest BCUT2D eigenvalue weighted by molar-refractivity contribution is -0.136. The van der Waals surface area contributed by atoms with Gasteiger partial charge in [0, 0.05) is 25.0 Å². The topological polar surface area (TPSA) is 32.3 Å². The second-order valence-corrected chi connectivity index (χ2v) is 5.51. The van der Waals surface area contributed by atoms with Crippen molar-refractivity contribution < 1.29 is 4.79 Å². The predicted molar refractivity (Wildman–Crippen MR) is 67.3 cm³/mol. The van der Waals surface area contributed by atoms with E-state index in [0.717, 1.165) is 26.1 Å². The molecule has 1 aliphatic rings. The fourth-order valence-electron chi connectivity index (χ4n) is 2.20. The van der Waals surface area contributed by atoms with Crippen molar-refractivity contribution in [1.29, 1.82) is 0 Å². The van der Waals surface area contributed by atoms with E-state index in [2.05, 4.69) is 19.2 Å². The highest BCUT2D eigenvalue weighted by Gasteiger charge is 2.24. The zero-order chi connectivity index (χ0) is 12.1. The number of amides is 1. The number of carbonyl (C=O) groups excluding carboxylic acids is 1. The molecular formula is C13H26N2O. The average molecular weight is 226 g/mol. The summed E-state index contributed by atoms with van der Waals surface area (Å²) in [7, 11) is 0. The van der Waals surface area contributed by atoms with Crippen molar-refractivity contribution in [2.45, 2.75) is 46.6 Å². The van der Waals surface area contributed by atoms with Crippen LogP contribution in [-0.2, 0) is 4.79 Å². The van der Waals surface area contributed by atoms with E-state index in [4.69, 9.17) is 0 Å². The van der Waals surface area contributed by atoms with Crippen molar-refractivity contribution in [2.24, 2.45) is 11.8 Å². The van der Waals surface area contributed by atoms with Crippen molar-refractivity contribution in [2.75, 3.05) is 19.6 Å². The van der Waals surface area contributed by atoms with E-state index in [1.54, 1.807) is 0 Å². The van der Waals surface area contributed by atoms with Gasteiger partial charge in [-0.2, -0.15) is 0 Å². The molecule has 0 radical (unpaired) electrons. The molecule has 0 aromatic carbocycles. The second kappa shape index (κ2) is 6.24. The molecular weight excluding hydrogens is 200 g/mol. The Labute approximate surface area is 99.6 Å². The van der Waals surface area contributed by atoms with Gasteiger partial charge in [-0.1, -0.05) is 27.7 Å². The monoisotopic (exact) mass is 226 g/mol. The third-order valence-corrected chi connectivity index (χ3v) is 3.14. The number of likely N-dealkylation sites (tertiary alicyclic amines) is 1. The van der Waals surface area contributed by atoms with Crippen molar-refractivity contribution in [3.8, 4) is 0 Å². The highest BCUT2D eigenvalue weighted by Crippen LogP contribution is 2.17. The molecule has 0 bridgehead atoms. The number of hydrogen-bond donors (Lipinski definition) is 1. The Bertz CT molecular complexity index is 226. The number of nitrogens with one attached hydrogen (secondary N) is 1. The molecule has 1 saturated heterocycles. The lowest BCUT2D eigenvalue weighted by atomic mass is 9.96. The van der Waals surface area contributed by atoms with Crippen LogP contribution < -0.4 is 5.32 Å². The summed E-state index contributed by atoms with van der Waals surface area (Å²) in [4.78, 5) is 13.9. The minimum Gasteiger partial charge on any atom is -0.342 e. The zero-order valence-electron chi connectivity index (χ0n) is 11.1. The molecule has 1 aliphatic heterocycles. The van der Waals surface area contributed by atoms with Crippen LogP contribution in [0.5, 0.6) is 0 Å². The quantitative estimate of drug-likeness (QED) is 0.794. The Morgan fingerprint density at radius 1 is 1.38 bits per heavy atom. The first-order valence-corrected chi connectivity index (χ1v) is 6.53. The lowest BCUT2D eigenvalue weighted by Gasteiger charge is -2.34. The van der Waals surface area contributed by atoms with E-state index in [1.807, 2.05) is 18.7 Å². The van der Waals surface area contributed by atoms with Crippen molar-refractivity contribution >= 4 is 5.91 Å². The van der Waals surface area contributed by atoms with Crippen LogP contribution >= 0.6 is 0 Å². The van der Waals surface area contributed by atoms with Gasteiger partial charge in [-0.25, -0.2) is 0 Å². The minimum absolute atomic E-state index is 0.136. The number of piperidine rings is 1. The first kappa shape index (κ1) is 13.5. The SMILES string of the molecule is CC(C)NCC1CCCN(C(=O)C(C)C)C1. The average Bonchev–Trinajstić information content (AvgIpc) is 2.25. The molecule has 0 spiro atoms. The Balaban J connectivity index is 2.38. The molecule has 3 heteroatoms. The molecule has 0 aromatic heterocycles.